The van der Waals surface area contributed by atoms with Crippen LogP contribution in [0.1, 0.15) is 20.3 Å². The standard InChI is InChI=1S/C7H18NSi/c1-3-9(4-2)7-5-6-8/h3-8H2,1-2H3. The molecular formula is C7H18NSi. The molecule has 0 aromatic rings. The van der Waals surface area contributed by atoms with E-state index in [2.05, 4.69) is 13.8 Å². The first-order chi connectivity index (χ1) is 4.35. The summed E-state index contributed by atoms with van der Waals surface area (Å²) in [5.41, 5.74) is 5.40. The van der Waals surface area contributed by atoms with Crippen LogP contribution in [0.3, 0.4) is 0 Å². The molecule has 0 spiro atoms. The molecule has 0 fully saturated rings. The third-order valence-electron chi connectivity index (χ3n) is 1.73. The van der Waals surface area contributed by atoms with E-state index in [1.807, 2.05) is 0 Å². The van der Waals surface area contributed by atoms with E-state index < -0.39 is 0 Å². The third-order valence-corrected chi connectivity index (χ3v) is 4.80. The maximum atomic E-state index is 5.40. The molecule has 0 amide bonds. The van der Waals surface area contributed by atoms with Crippen LogP contribution >= 0.6 is 0 Å². The van der Waals surface area contributed by atoms with Crippen molar-refractivity contribution in [3.8, 4) is 0 Å². The number of nitrogens with two attached hydrogens (primary N) is 1. The van der Waals surface area contributed by atoms with E-state index in [0.717, 1.165) is 6.54 Å². The Labute approximate surface area is 60.2 Å². The number of rotatable bonds is 5. The molecule has 1 radical (unpaired) electrons. The van der Waals surface area contributed by atoms with Gasteiger partial charge in [-0.2, -0.15) is 0 Å². The Bertz CT molecular complexity index is 52.9. The van der Waals surface area contributed by atoms with Gasteiger partial charge in [0.15, 0.2) is 0 Å². The summed E-state index contributed by atoms with van der Waals surface area (Å²) in [5, 5.41) is 0. The molecular weight excluding hydrogens is 126 g/mol. The molecule has 0 saturated heterocycles. The predicted octanol–water partition coefficient (Wildman–Crippen LogP) is 1.87. The fraction of sp³-hybridized carbons (Fsp3) is 1.00. The highest BCUT2D eigenvalue weighted by Crippen LogP contribution is 2.05. The predicted molar refractivity (Wildman–Crippen MR) is 45.2 cm³/mol. The third kappa shape index (κ3) is 4.67. The molecule has 0 aromatic heterocycles. The van der Waals surface area contributed by atoms with Gasteiger partial charge in [-0.3, -0.25) is 0 Å². The maximum absolute atomic E-state index is 5.40. The lowest BCUT2D eigenvalue weighted by atomic mass is 10.5. The molecule has 0 bridgehead atoms. The second kappa shape index (κ2) is 6.30. The summed E-state index contributed by atoms with van der Waals surface area (Å²) in [6, 6.07) is 4.26. The number of hydrogen-bond acceptors (Lipinski definition) is 1. The zero-order valence-corrected chi connectivity index (χ0v) is 7.61. The van der Waals surface area contributed by atoms with Crippen molar-refractivity contribution in [3.63, 3.8) is 0 Å². The van der Waals surface area contributed by atoms with E-state index in [1.165, 1.54) is 24.6 Å². The van der Waals surface area contributed by atoms with Crippen LogP contribution in [0.2, 0.25) is 18.1 Å². The SMILES string of the molecule is CC[Si](CC)CCCN. The zero-order chi connectivity index (χ0) is 7.11. The van der Waals surface area contributed by atoms with Gasteiger partial charge in [-0.15, -0.1) is 0 Å². The van der Waals surface area contributed by atoms with Gasteiger partial charge in [0.05, 0.1) is 0 Å². The summed E-state index contributed by atoms with van der Waals surface area (Å²) < 4.78 is 0. The van der Waals surface area contributed by atoms with Crippen LogP contribution in [-0.2, 0) is 0 Å². The summed E-state index contributed by atoms with van der Waals surface area (Å²) in [6.45, 7) is 5.48. The van der Waals surface area contributed by atoms with Crippen LogP contribution in [0.5, 0.6) is 0 Å². The Morgan fingerprint density at radius 1 is 1.22 bits per heavy atom. The van der Waals surface area contributed by atoms with E-state index in [1.54, 1.807) is 0 Å². The second-order valence-corrected chi connectivity index (χ2v) is 5.76. The van der Waals surface area contributed by atoms with Crippen molar-refractivity contribution in [1.82, 2.24) is 0 Å². The van der Waals surface area contributed by atoms with Crippen LogP contribution in [0, 0.1) is 0 Å². The van der Waals surface area contributed by atoms with Gasteiger partial charge in [-0.25, -0.2) is 0 Å². The van der Waals surface area contributed by atoms with Crippen molar-refractivity contribution in [3.05, 3.63) is 0 Å². The quantitative estimate of drug-likeness (QED) is 0.586. The molecule has 2 N–H and O–H groups in total. The Hall–Kier alpha value is 0.177. The van der Waals surface area contributed by atoms with E-state index in [4.69, 9.17) is 5.73 Å². The van der Waals surface area contributed by atoms with E-state index in [0.29, 0.717) is 0 Å². The lowest BCUT2D eigenvalue weighted by molar-refractivity contribution is 0.912. The zero-order valence-electron chi connectivity index (χ0n) is 6.61. The van der Waals surface area contributed by atoms with Gasteiger partial charge in [0.25, 0.3) is 0 Å². The van der Waals surface area contributed by atoms with Crippen molar-refractivity contribution >= 4 is 8.80 Å². The lowest BCUT2D eigenvalue weighted by Gasteiger charge is -2.07. The Kier molecular flexibility index (Phi) is 6.42. The van der Waals surface area contributed by atoms with Crippen LogP contribution in [0.25, 0.3) is 0 Å². The summed E-state index contributed by atoms with van der Waals surface area (Å²) in [5.74, 6) is 0. The van der Waals surface area contributed by atoms with Crippen molar-refractivity contribution < 1.29 is 0 Å². The first kappa shape index (κ1) is 9.18. The lowest BCUT2D eigenvalue weighted by Crippen LogP contribution is -2.11. The Balaban J connectivity index is 3.09. The van der Waals surface area contributed by atoms with Crippen molar-refractivity contribution in [2.75, 3.05) is 6.54 Å². The first-order valence-corrected chi connectivity index (χ1v) is 6.00. The Morgan fingerprint density at radius 3 is 2.11 bits per heavy atom. The molecule has 9 heavy (non-hydrogen) atoms. The molecule has 55 valence electrons. The molecule has 0 atom stereocenters. The van der Waals surface area contributed by atoms with E-state index in [9.17, 15) is 0 Å². The topological polar surface area (TPSA) is 26.0 Å². The highest BCUT2D eigenvalue weighted by atomic mass is 28.3. The fourth-order valence-corrected chi connectivity index (χ4v) is 2.87. The molecule has 2 heteroatoms. The highest BCUT2D eigenvalue weighted by Gasteiger charge is 2.02. The van der Waals surface area contributed by atoms with Crippen LogP contribution in [0.4, 0.5) is 0 Å². The molecule has 0 aliphatic heterocycles. The highest BCUT2D eigenvalue weighted by molar-refractivity contribution is 6.58. The minimum absolute atomic E-state index is 0.0341. The fourth-order valence-electron chi connectivity index (χ4n) is 0.956. The summed E-state index contributed by atoms with van der Waals surface area (Å²) in [6.07, 6.45) is 1.25. The van der Waals surface area contributed by atoms with Crippen molar-refractivity contribution in [2.24, 2.45) is 5.73 Å². The van der Waals surface area contributed by atoms with Crippen LogP contribution < -0.4 is 5.73 Å². The normalized spacial score (nSPS) is 10.7. The Morgan fingerprint density at radius 2 is 1.78 bits per heavy atom. The molecule has 0 unspecified atom stereocenters. The van der Waals surface area contributed by atoms with Gasteiger partial charge < -0.3 is 5.73 Å². The molecule has 1 nitrogen and oxygen atoms in total. The van der Waals surface area contributed by atoms with Crippen molar-refractivity contribution in [1.29, 1.82) is 0 Å². The van der Waals surface area contributed by atoms with Gasteiger partial charge in [0, 0.05) is 8.80 Å². The van der Waals surface area contributed by atoms with Gasteiger partial charge in [-0.05, 0) is 13.0 Å². The molecule has 0 rings (SSSR count). The van der Waals surface area contributed by atoms with Crippen molar-refractivity contribution in [2.45, 2.75) is 38.4 Å². The number of hydrogen-bond donors (Lipinski definition) is 1. The van der Waals surface area contributed by atoms with E-state index >= 15 is 0 Å². The maximum Gasteiger partial charge on any atom is 0.0474 e. The monoisotopic (exact) mass is 144 g/mol. The summed E-state index contributed by atoms with van der Waals surface area (Å²) >= 11 is 0. The second-order valence-electron chi connectivity index (χ2n) is 2.35. The smallest absolute Gasteiger partial charge is 0.0474 e. The van der Waals surface area contributed by atoms with Crippen LogP contribution in [0.15, 0.2) is 0 Å². The first-order valence-electron chi connectivity index (χ1n) is 3.88. The molecule has 0 aliphatic rings. The molecule has 0 heterocycles. The minimum Gasteiger partial charge on any atom is -0.330 e. The average Bonchev–Trinajstić information content (AvgIpc) is 1.91. The molecule has 0 aliphatic carbocycles. The average molecular weight is 144 g/mol. The summed E-state index contributed by atoms with van der Waals surface area (Å²) in [4.78, 5) is 0. The van der Waals surface area contributed by atoms with Gasteiger partial charge in [0.1, 0.15) is 0 Å². The van der Waals surface area contributed by atoms with Gasteiger partial charge in [-0.1, -0.05) is 32.0 Å². The van der Waals surface area contributed by atoms with Gasteiger partial charge >= 0.3 is 0 Å². The molecule has 0 aromatic carbocycles. The minimum atomic E-state index is 0.0341. The van der Waals surface area contributed by atoms with Gasteiger partial charge in [0.2, 0.25) is 0 Å². The summed E-state index contributed by atoms with van der Waals surface area (Å²) in [7, 11) is 0.0341. The van der Waals surface area contributed by atoms with Crippen LogP contribution in [-0.4, -0.2) is 15.3 Å². The largest absolute Gasteiger partial charge is 0.330 e. The molecule has 0 saturated carbocycles. The van der Waals surface area contributed by atoms with E-state index in [-0.39, 0.29) is 8.80 Å².